The van der Waals surface area contributed by atoms with Gasteiger partial charge in [-0.2, -0.15) is 0 Å². The molecule has 0 aliphatic rings. The number of hydrogen-bond donors (Lipinski definition) is 2. The summed E-state index contributed by atoms with van der Waals surface area (Å²) < 4.78 is 11.3. The van der Waals surface area contributed by atoms with Gasteiger partial charge in [0.25, 0.3) is 0 Å². The lowest BCUT2D eigenvalue weighted by Crippen LogP contribution is -2.33. The van der Waals surface area contributed by atoms with Crippen LogP contribution in [0.25, 0.3) is 11.5 Å². The van der Waals surface area contributed by atoms with Crippen molar-refractivity contribution in [2.24, 2.45) is 0 Å². The lowest BCUT2D eigenvalue weighted by molar-refractivity contribution is 0.248. The van der Waals surface area contributed by atoms with Crippen LogP contribution in [0.1, 0.15) is 24.4 Å². The average molecular weight is 449 g/mol. The molecule has 0 aliphatic carbocycles. The Hall–Kier alpha value is -3.84. The predicted octanol–water partition coefficient (Wildman–Crippen LogP) is 5.70. The number of hydrogen-bond acceptors (Lipinski definition) is 5. The molecule has 162 valence electrons. The number of ether oxygens (including phenoxy) is 1. The summed E-state index contributed by atoms with van der Waals surface area (Å²) in [6.45, 7) is 2.49. The van der Waals surface area contributed by atoms with E-state index in [0.29, 0.717) is 22.9 Å². The van der Waals surface area contributed by atoms with Crippen molar-refractivity contribution in [1.82, 2.24) is 15.5 Å². The zero-order chi connectivity index (χ0) is 22.3. The van der Waals surface area contributed by atoms with Gasteiger partial charge in [-0.3, -0.25) is 0 Å². The molecule has 1 atom stereocenters. The van der Waals surface area contributed by atoms with Gasteiger partial charge in [-0.1, -0.05) is 54.1 Å². The molecule has 0 fully saturated rings. The van der Waals surface area contributed by atoms with Gasteiger partial charge in [0.2, 0.25) is 11.8 Å². The molecule has 0 radical (unpaired) electrons. The largest absolute Gasteiger partial charge is 0.494 e. The van der Waals surface area contributed by atoms with Gasteiger partial charge in [-0.05, 0) is 48.9 Å². The smallest absolute Gasteiger partial charge is 0.320 e. The second-order valence-electron chi connectivity index (χ2n) is 6.82. The Balaban J connectivity index is 1.55. The average Bonchev–Trinajstić information content (AvgIpc) is 3.29. The van der Waals surface area contributed by atoms with Crippen molar-refractivity contribution < 1.29 is 13.9 Å². The Morgan fingerprint density at radius 2 is 1.72 bits per heavy atom. The van der Waals surface area contributed by atoms with E-state index < -0.39 is 12.1 Å². The Morgan fingerprint density at radius 1 is 1.00 bits per heavy atom. The Kier molecular flexibility index (Phi) is 6.67. The maximum Gasteiger partial charge on any atom is 0.320 e. The van der Waals surface area contributed by atoms with E-state index in [1.54, 1.807) is 36.4 Å². The van der Waals surface area contributed by atoms with Gasteiger partial charge in [0.15, 0.2) is 0 Å². The molecule has 2 amide bonds. The number of urea groups is 1. The van der Waals surface area contributed by atoms with E-state index in [-0.39, 0.29) is 11.8 Å². The van der Waals surface area contributed by atoms with Gasteiger partial charge in [0.05, 0.1) is 17.2 Å². The first-order chi connectivity index (χ1) is 15.6. The zero-order valence-corrected chi connectivity index (χ0v) is 18.0. The Bertz CT molecular complexity index is 1180. The van der Waals surface area contributed by atoms with E-state index in [9.17, 15) is 4.79 Å². The molecule has 0 bridgehead atoms. The van der Waals surface area contributed by atoms with Crippen molar-refractivity contribution in [3.8, 4) is 17.2 Å². The van der Waals surface area contributed by atoms with Crippen molar-refractivity contribution in [3.63, 3.8) is 0 Å². The molecule has 0 saturated carbocycles. The second kappa shape index (κ2) is 9.98. The molecule has 4 rings (SSSR count). The molecule has 3 aromatic carbocycles. The lowest BCUT2D eigenvalue weighted by Gasteiger charge is -2.16. The fourth-order valence-electron chi connectivity index (χ4n) is 3.13. The number of halogens is 1. The monoisotopic (exact) mass is 448 g/mol. The predicted molar refractivity (Wildman–Crippen MR) is 123 cm³/mol. The number of nitrogens with zero attached hydrogens (tertiary/aromatic N) is 2. The normalized spacial score (nSPS) is 11.6. The molecule has 0 unspecified atom stereocenters. The van der Waals surface area contributed by atoms with Gasteiger partial charge in [0, 0.05) is 5.69 Å². The van der Waals surface area contributed by atoms with Crippen LogP contribution in [-0.2, 0) is 0 Å². The molecule has 8 heteroatoms. The highest BCUT2D eigenvalue weighted by atomic mass is 35.5. The SMILES string of the molecule is CCOc1ccc(NC(=O)N[C@@H](c2ccccc2)c2nnc(-c3ccccc3Cl)o2)cc1. The van der Waals surface area contributed by atoms with Gasteiger partial charge in [0.1, 0.15) is 11.8 Å². The van der Waals surface area contributed by atoms with Crippen LogP contribution < -0.4 is 15.4 Å². The minimum Gasteiger partial charge on any atom is -0.494 e. The van der Waals surface area contributed by atoms with E-state index in [2.05, 4.69) is 20.8 Å². The summed E-state index contributed by atoms with van der Waals surface area (Å²) in [5, 5.41) is 14.5. The van der Waals surface area contributed by atoms with E-state index in [0.717, 1.165) is 11.3 Å². The van der Waals surface area contributed by atoms with Crippen LogP contribution in [0.3, 0.4) is 0 Å². The first kappa shape index (κ1) is 21.4. The van der Waals surface area contributed by atoms with Crippen LogP contribution in [-0.4, -0.2) is 22.8 Å². The second-order valence-corrected chi connectivity index (χ2v) is 7.23. The van der Waals surface area contributed by atoms with Crippen LogP contribution in [0.2, 0.25) is 5.02 Å². The fraction of sp³-hybridized carbons (Fsp3) is 0.125. The topological polar surface area (TPSA) is 89.3 Å². The van der Waals surface area contributed by atoms with E-state index in [4.69, 9.17) is 20.8 Å². The Labute approximate surface area is 190 Å². The minimum absolute atomic E-state index is 0.243. The quantitative estimate of drug-likeness (QED) is 0.378. The van der Waals surface area contributed by atoms with Crippen LogP contribution in [0, 0.1) is 0 Å². The summed E-state index contributed by atoms with van der Waals surface area (Å²) in [5.41, 5.74) is 2.04. The minimum atomic E-state index is -0.650. The first-order valence-electron chi connectivity index (χ1n) is 10.1. The number of benzene rings is 3. The molecule has 4 aromatic rings. The van der Waals surface area contributed by atoms with E-state index in [1.165, 1.54) is 0 Å². The number of rotatable bonds is 7. The highest BCUT2D eigenvalue weighted by molar-refractivity contribution is 6.33. The summed E-state index contributed by atoms with van der Waals surface area (Å²) in [5.74, 6) is 1.26. The maximum absolute atomic E-state index is 12.7. The summed E-state index contributed by atoms with van der Waals surface area (Å²) >= 11 is 6.25. The van der Waals surface area contributed by atoms with Gasteiger partial charge in [-0.15, -0.1) is 10.2 Å². The molecule has 7 nitrogen and oxygen atoms in total. The first-order valence-corrected chi connectivity index (χ1v) is 10.5. The molecule has 0 saturated heterocycles. The van der Waals surface area contributed by atoms with E-state index >= 15 is 0 Å². The maximum atomic E-state index is 12.7. The van der Waals surface area contributed by atoms with Crippen molar-refractivity contribution in [1.29, 1.82) is 0 Å². The lowest BCUT2D eigenvalue weighted by atomic mass is 10.1. The number of amides is 2. The number of carbonyl (C=O) groups excluding carboxylic acids is 1. The highest BCUT2D eigenvalue weighted by Crippen LogP contribution is 2.29. The van der Waals surface area contributed by atoms with Crippen molar-refractivity contribution in [3.05, 3.63) is 95.3 Å². The third kappa shape index (κ3) is 5.07. The molecule has 2 N–H and O–H groups in total. The van der Waals surface area contributed by atoms with Gasteiger partial charge in [-0.25, -0.2) is 4.79 Å². The highest BCUT2D eigenvalue weighted by Gasteiger charge is 2.24. The van der Waals surface area contributed by atoms with Gasteiger partial charge < -0.3 is 19.8 Å². The van der Waals surface area contributed by atoms with E-state index in [1.807, 2.05) is 49.4 Å². The van der Waals surface area contributed by atoms with Crippen LogP contribution in [0.4, 0.5) is 10.5 Å². The van der Waals surface area contributed by atoms with Crippen LogP contribution in [0.5, 0.6) is 5.75 Å². The van der Waals surface area contributed by atoms with Crippen molar-refractivity contribution in [2.75, 3.05) is 11.9 Å². The summed E-state index contributed by atoms with van der Waals surface area (Å²) in [7, 11) is 0. The molecule has 32 heavy (non-hydrogen) atoms. The van der Waals surface area contributed by atoms with Crippen molar-refractivity contribution >= 4 is 23.3 Å². The van der Waals surface area contributed by atoms with Gasteiger partial charge >= 0.3 is 6.03 Å². The molecule has 1 aromatic heterocycles. The van der Waals surface area contributed by atoms with Crippen LogP contribution >= 0.6 is 11.6 Å². The zero-order valence-electron chi connectivity index (χ0n) is 17.3. The molecular formula is C24H21ClN4O3. The molecule has 0 spiro atoms. The summed E-state index contributed by atoms with van der Waals surface area (Å²) in [6, 6.07) is 22.7. The standard InChI is InChI=1S/C24H21ClN4O3/c1-2-31-18-14-12-17(13-15-18)26-24(30)27-21(16-8-4-3-5-9-16)23-29-28-22(32-23)19-10-6-7-11-20(19)25/h3-15,21H,2H2,1H3,(H2,26,27,30)/t21-/m0/s1. The third-order valence-corrected chi connectivity index (χ3v) is 4.95. The number of aromatic nitrogens is 2. The number of carbonyl (C=O) groups is 1. The Morgan fingerprint density at radius 3 is 2.44 bits per heavy atom. The van der Waals surface area contributed by atoms with Crippen LogP contribution in [0.15, 0.2) is 83.3 Å². The molecule has 0 aliphatic heterocycles. The summed E-state index contributed by atoms with van der Waals surface area (Å²) in [6.07, 6.45) is 0. The van der Waals surface area contributed by atoms with Crippen molar-refractivity contribution in [2.45, 2.75) is 13.0 Å². The molecular weight excluding hydrogens is 428 g/mol. The number of nitrogens with one attached hydrogen (secondary N) is 2. The number of anilines is 1. The fourth-order valence-corrected chi connectivity index (χ4v) is 3.34. The summed E-state index contributed by atoms with van der Waals surface area (Å²) in [4.78, 5) is 12.7. The molecule has 1 heterocycles. The third-order valence-electron chi connectivity index (χ3n) is 4.62.